The van der Waals surface area contributed by atoms with Gasteiger partial charge in [-0.3, -0.25) is 4.79 Å². The van der Waals surface area contributed by atoms with E-state index in [1.54, 1.807) is 0 Å². The molecule has 4 N–H and O–H groups in total. The van der Waals surface area contributed by atoms with E-state index in [1.807, 2.05) is 69.3 Å². The lowest BCUT2D eigenvalue weighted by molar-refractivity contribution is 0.0939. The van der Waals surface area contributed by atoms with E-state index >= 15 is 0 Å². The lowest BCUT2D eigenvalue weighted by atomic mass is 10.1. The molecule has 2 rings (SSSR count). The highest BCUT2D eigenvalue weighted by Gasteiger charge is 2.08. The summed E-state index contributed by atoms with van der Waals surface area (Å²) in [5.74, 6) is 0.314. The number of anilines is 1. The number of rotatable bonds is 6. The summed E-state index contributed by atoms with van der Waals surface area (Å²) in [5, 5.41) is 6.03. The van der Waals surface area contributed by atoms with Crippen LogP contribution in [0.3, 0.4) is 0 Å². The maximum absolute atomic E-state index is 12.1. The van der Waals surface area contributed by atoms with Gasteiger partial charge in [0.15, 0.2) is 5.96 Å². The predicted molar refractivity (Wildman–Crippen MR) is 119 cm³/mol. The van der Waals surface area contributed by atoms with Crippen LogP contribution in [-0.2, 0) is 6.54 Å². The average Bonchev–Trinajstić information content (AvgIpc) is 2.60. The summed E-state index contributed by atoms with van der Waals surface area (Å²) < 4.78 is 0. The topological polar surface area (TPSA) is 79.5 Å². The van der Waals surface area contributed by atoms with E-state index in [4.69, 9.17) is 5.73 Å². The third kappa shape index (κ3) is 7.03. The second-order valence-electron chi connectivity index (χ2n) is 6.18. The Morgan fingerprint density at radius 2 is 1.88 bits per heavy atom. The first-order valence-corrected chi connectivity index (χ1v) is 8.51. The number of aryl methyl sites for hydroxylation is 1. The Kier molecular flexibility index (Phi) is 9.12. The van der Waals surface area contributed by atoms with Gasteiger partial charge in [-0.1, -0.05) is 31.2 Å². The van der Waals surface area contributed by atoms with Crippen LogP contribution in [0.2, 0.25) is 0 Å². The van der Waals surface area contributed by atoms with Gasteiger partial charge in [-0.15, -0.1) is 24.0 Å². The fraction of sp³-hybridized carbons (Fsp3) is 0.300. The molecule has 0 aliphatic heterocycles. The van der Waals surface area contributed by atoms with Gasteiger partial charge in [0.05, 0.1) is 6.54 Å². The van der Waals surface area contributed by atoms with Gasteiger partial charge >= 0.3 is 0 Å². The first kappa shape index (κ1) is 22.0. The van der Waals surface area contributed by atoms with Crippen molar-refractivity contribution in [1.29, 1.82) is 0 Å². The molecule has 0 saturated carbocycles. The molecule has 2 aromatic carbocycles. The molecule has 5 nitrogen and oxygen atoms in total. The van der Waals surface area contributed by atoms with Gasteiger partial charge in [0, 0.05) is 17.3 Å². The number of halogens is 1. The molecule has 0 fully saturated rings. The van der Waals surface area contributed by atoms with Crippen molar-refractivity contribution in [1.82, 2.24) is 5.32 Å². The number of carbonyl (C=O) groups excluding carboxylic acids is 1. The van der Waals surface area contributed by atoms with Crippen LogP contribution in [-0.4, -0.2) is 17.9 Å². The zero-order valence-electron chi connectivity index (χ0n) is 15.5. The summed E-state index contributed by atoms with van der Waals surface area (Å²) in [6.07, 6.45) is 0.908. The van der Waals surface area contributed by atoms with E-state index in [2.05, 4.69) is 15.6 Å². The van der Waals surface area contributed by atoms with E-state index < -0.39 is 0 Å². The summed E-state index contributed by atoms with van der Waals surface area (Å²) in [6, 6.07) is 15.5. The monoisotopic (exact) mass is 466 g/mol. The van der Waals surface area contributed by atoms with Crippen LogP contribution in [0.5, 0.6) is 0 Å². The number of aliphatic imine (C=N–C) groups is 1. The van der Waals surface area contributed by atoms with E-state index in [-0.39, 0.29) is 35.9 Å². The van der Waals surface area contributed by atoms with E-state index in [9.17, 15) is 4.79 Å². The first-order chi connectivity index (χ1) is 12.0. The molecule has 0 aliphatic rings. The summed E-state index contributed by atoms with van der Waals surface area (Å²) in [6.45, 7) is 6.52. The SMILES string of the molecule is CCC(C)NC(=O)c1ccc(CN=C(N)Nc2cccc(C)c2)cc1.I. The molecule has 1 atom stereocenters. The first-order valence-electron chi connectivity index (χ1n) is 8.51. The molecule has 0 aromatic heterocycles. The molecule has 0 heterocycles. The minimum Gasteiger partial charge on any atom is -0.370 e. The fourth-order valence-corrected chi connectivity index (χ4v) is 2.26. The average molecular weight is 466 g/mol. The maximum atomic E-state index is 12.1. The fourth-order valence-electron chi connectivity index (χ4n) is 2.26. The highest BCUT2D eigenvalue weighted by molar-refractivity contribution is 14.0. The Labute approximate surface area is 172 Å². The van der Waals surface area contributed by atoms with Crippen LogP contribution in [0, 0.1) is 6.92 Å². The highest BCUT2D eigenvalue weighted by atomic mass is 127. The second-order valence-corrected chi connectivity index (χ2v) is 6.18. The van der Waals surface area contributed by atoms with Crippen molar-refractivity contribution in [2.45, 2.75) is 39.8 Å². The summed E-state index contributed by atoms with van der Waals surface area (Å²) >= 11 is 0. The van der Waals surface area contributed by atoms with Gasteiger partial charge in [-0.2, -0.15) is 0 Å². The Hall–Kier alpha value is -2.09. The number of guanidine groups is 1. The molecule has 1 amide bonds. The maximum Gasteiger partial charge on any atom is 0.251 e. The van der Waals surface area contributed by atoms with Gasteiger partial charge in [0.1, 0.15) is 0 Å². The van der Waals surface area contributed by atoms with Gasteiger partial charge in [-0.05, 0) is 55.7 Å². The third-order valence-corrected chi connectivity index (χ3v) is 3.93. The van der Waals surface area contributed by atoms with Crippen molar-refractivity contribution in [3.05, 3.63) is 65.2 Å². The Bertz CT molecular complexity index is 744. The van der Waals surface area contributed by atoms with Gasteiger partial charge in [0.25, 0.3) is 5.91 Å². The minimum absolute atomic E-state index is 0. The number of carbonyl (C=O) groups is 1. The van der Waals surface area contributed by atoms with Crippen LogP contribution < -0.4 is 16.4 Å². The molecule has 0 spiro atoms. The van der Waals surface area contributed by atoms with Gasteiger partial charge in [0.2, 0.25) is 0 Å². The number of amides is 1. The lowest BCUT2D eigenvalue weighted by Crippen LogP contribution is -2.31. The van der Waals surface area contributed by atoms with Crippen LogP contribution in [0.25, 0.3) is 0 Å². The molecule has 2 aromatic rings. The highest BCUT2D eigenvalue weighted by Crippen LogP contribution is 2.10. The molecule has 0 saturated heterocycles. The van der Waals surface area contributed by atoms with E-state index in [1.165, 1.54) is 0 Å². The third-order valence-electron chi connectivity index (χ3n) is 3.93. The van der Waals surface area contributed by atoms with Gasteiger partial charge in [-0.25, -0.2) is 4.99 Å². The zero-order chi connectivity index (χ0) is 18.2. The molecule has 26 heavy (non-hydrogen) atoms. The van der Waals surface area contributed by atoms with Crippen molar-refractivity contribution in [2.24, 2.45) is 10.7 Å². The second kappa shape index (κ2) is 10.8. The lowest BCUT2D eigenvalue weighted by Gasteiger charge is -2.11. The zero-order valence-corrected chi connectivity index (χ0v) is 17.8. The van der Waals surface area contributed by atoms with Crippen molar-refractivity contribution >= 4 is 41.5 Å². The van der Waals surface area contributed by atoms with Crippen molar-refractivity contribution < 1.29 is 4.79 Å². The summed E-state index contributed by atoms with van der Waals surface area (Å²) in [4.78, 5) is 16.4. The largest absolute Gasteiger partial charge is 0.370 e. The van der Waals surface area contributed by atoms with E-state index in [0.29, 0.717) is 18.1 Å². The minimum atomic E-state index is -0.0509. The number of hydrogen-bond donors (Lipinski definition) is 3. The summed E-state index contributed by atoms with van der Waals surface area (Å²) in [5.41, 5.74) is 9.64. The molecule has 0 aliphatic carbocycles. The van der Waals surface area contributed by atoms with Crippen molar-refractivity contribution in [2.75, 3.05) is 5.32 Å². The number of nitrogens with two attached hydrogens (primary N) is 1. The standard InChI is InChI=1S/C20H26N4O.HI/c1-4-15(3)23-19(25)17-10-8-16(9-11-17)13-22-20(21)24-18-7-5-6-14(2)12-18;/h5-12,15H,4,13H2,1-3H3,(H,23,25)(H3,21,22,24);1H. The molecular formula is C20H27IN4O. The quantitative estimate of drug-likeness (QED) is 0.341. The number of hydrogen-bond acceptors (Lipinski definition) is 2. The van der Waals surface area contributed by atoms with Crippen LogP contribution >= 0.6 is 24.0 Å². The van der Waals surface area contributed by atoms with Crippen molar-refractivity contribution in [3.63, 3.8) is 0 Å². The number of nitrogens with one attached hydrogen (secondary N) is 2. The molecule has 0 radical (unpaired) electrons. The van der Waals surface area contributed by atoms with Crippen LogP contribution in [0.1, 0.15) is 41.8 Å². The summed E-state index contributed by atoms with van der Waals surface area (Å²) in [7, 11) is 0. The molecule has 140 valence electrons. The molecule has 0 bridgehead atoms. The Morgan fingerprint density at radius 3 is 2.50 bits per heavy atom. The predicted octanol–water partition coefficient (Wildman–Crippen LogP) is 4.07. The number of benzene rings is 2. The molecular weight excluding hydrogens is 439 g/mol. The van der Waals surface area contributed by atoms with Crippen molar-refractivity contribution in [3.8, 4) is 0 Å². The Balaban J connectivity index is 0.00000338. The van der Waals surface area contributed by atoms with Crippen LogP contribution in [0.4, 0.5) is 5.69 Å². The molecule has 6 heteroatoms. The smallest absolute Gasteiger partial charge is 0.251 e. The van der Waals surface area contributed by atoms with Gasteiger partial charge < -0.3 is 16.4 Å². The normalized spacial score (nSPS) is 12.0. The van der Waals surface area contributed by atoms with Crippen LogP contribution in [0.15, 0.2) is 53.5 Å². The Morgan fingerprint density at radius 1 is 1.19 bits per heavy atom. The van der Waals surface area contributed by atoms with E-state index in [0.717, 1.165) is 23.2 Å². The molecule has 1 unspecified atom stereocenters. The number of nitrogens with zero attached hydrogens (tertiary/aromatic N) is 1.